The Kier molecular flexibility index (Phi) is 6.22. The van der Waals surface area contributed by atoms with E-state index in [-0.39, 0.29) is 0 Å². The average molecular weight is 284 g/mol. The molecule has 2 rings (SSSR count). The van der Waals surface area contributed by atoms with Gasteiger partial charge in [0.05, 0.1) is 6.61 Å². The topological polar surface area (TPSA) is 34.1 Å². The van der Waals surface area contributed by atoms with Crippen molar-refractivity contribution in [3.05, 3.63) is 59.9 Å². The van der Waals surface area contributed by atoms with Gasteiger partial charge in [-0.1, -0.05) is 25.1 Å². The van der Waals surface area contributed by atoms with E-state index in [4.69, 9.17) is 4.74 Å². The van der Waals surface area contributed by atoms with Crippen molar-refractivity contribution in [1.29, 1.82) is 0 Å². The Labute approximate surface area is 127 Å². The Balaban J connectivity index is 1.93. The minimum Gasteiger partial charge on any atom is -0.493 e. The van der Waals surface area contributed by atoms with Crippen molar-refractivity contribution < 1.29 is 4.74 Å². The summed E-state index contributed by atoms with van der Waals surface area (Å²) in [7, 11) is 0. The van der Waals surface area contributed by atoms with Crippen LogP contribution in [0, 0.1) is 0 Å². The number of benzene rings is 1. The molecule has 1 atom stereocenters. The maximum absolute atomic E-state index is 5.98. The fourth-order valence-electron chi connectivity index (χ4n) is 2.27. The highest BCUT2D eigenvalue weighted by atomic mass is 16.5. The number of rotatable bonds is 8. The fraction of sp³-hybridized carbons (Fsp3) is 0.389. The van der Waals surface area contributed by atoms with Crippen LogP contribution in [0.25, 0.3) is 0 Å². The third-order valence-corrected chi connectivity index (χ3v) is 3.48. The van der Waals surface area contributed by atoms with Gasteiger partial charge in [0.15, 0.2) is 0 Å². The predicted octanol–water partition coefficient (Wildman–Crippen LogP) is 3.76. The largest absolute Gasteiger partial charge is 0.493 e. The van der Waals surface area contributed by atoms with Crippen LogP contribution in [0.2, 0.25) is 0 Å². The van der Waals surface area contributed by atoms with Gasteiger partial charge in [0.1, 0.15) is 5.75 Å². The highest BCUT2D eigenvalue weighted by Crippen LogP contribution is 2.24. The molecule has 1 unspecified atom stereocenters. The van der Waals surface area contributed by atoms with Gasteiger partial charge >= 0.3 is 0 Å². The third kappa shape index (κ3) is 4.87. The van der Waals surface area contributed by atoms with E-state index in [0.29, 0.717) is 12.6 Å². The van der Waals surface area contributed by atoms with Crippen LogP contribution in [0.1, 0.15) is 37.4 Å². The molecule has 0 spiro atoms. The lowest BCUT2D eigenvalue weighted by molar-refractivity contribution is 0.315. The van der Waals surface area contributed by atoms with E-state index >= 15 is 0 Å². The summed E-state index contributed by atoms with van der Waals surface area (Å²) >= 11 is 0. The van der Waals surface area contributed by atoms with E-state index in [2.05, 4.69) is 36.3 Å². The van der Waals surface area contributed by atoms with Gasteiger partial charge in [-0.15, -0.1) is 0 Å². The molecule has 0 bridgehead atoms. The minimum absolute atomic E-state index is 0.307. The molecule has 2 aromatic rings. The molecular formula is C18H24N2O. The average Bonchev–Trinajstić information content (AvgIpc) is 2.54. The van der Waals surface area contributed by atoms with Crippen LogP contribution in [0.3, 0.4) is 0 Å². The van der Waals surface area contributed by atoms with E-state index in [0.717, 1.165) is 25.1 Å². The molecule has 1 aromatic carbocycles. The van der Waals surface area contributed by atoms with Crippen LogP contribution in [0.5, 0.6) is 5.75 Å². The molecule has 0 saturated carbocycles. The van der Waals surface area contributed by atoms with Crippen molar-refractivity contribution in [2.45, 2.75) is 32.7 Å². The highest BCUT2D eigenvalue weighted by molar-refractivity contribution is 5.35. The maximum atomic E-state index is 5.98. The van der Waals surface area contributed by atoms with Crippen LogP contribution in [0.15, 0.2) is 48.8 Å². The summed E-state index contributed by atoms with van der Waals surface area (Å²) in [6.07, 6.45) is 5.67. The number of hydrogen-bond donors (Lipinski definition) is 1. The van der Waals surface area contributed by atoms with E-state index in [1.54, 1.807) is 0 Å². The maximum Gasteiger partial charge on any atom is 0.124 e. The highest BCUT2D eigenvalue weighted by Gasteiger charge is 2.10. The van der Waals surface area contributed by atoms with Crippen molar-refractivity contribution in [2.75, 3.05) is 13.2 Å². The van der Waals surface area contributed by atoms with Crippen molar-refractivity contribution in [3.8, 4) is 5.75 Å². The van der Waals surface area contributed by atoms with Gasteiger partial charge in [-0.05, 0) is 43.7 Å². The molecule has 0 radical (unpaired) electrons. The lowest BCUT2D eigenvalue weighted by Gasteiger charge is -2.18. The fourth-order valence-corrected chi connectivity index (χ4v) is 2.27. The van der Waals surface area contributed by atoms with Gasteiger partial charge in [-0.3, -0.25) is 4.98 Å². The normalized spacial score (nSPS) is 12.1. The zero-order valence-electron chi connectivity index (χ0n) is 12.9. The number of pyridine rings is 1. The summed E-state index contributed by atoms with van der Waals surface area (Å²) in [4.78, 5) is 4.03. The van der Waals surface area contributed by atoms with Gasteiger partial charge in [-0.2, -0.15) is 0 Å². The molecule has 0 aliphatic carbocycles. The molecule has 0 aliphatic rings. The second kappa shape index (κ2) is 8.42. The summed E-state index contributed by atoms with van der Waals surface area (Å²) in [5, 5.41) is 3.51. The first-order valence-corrected chi connectivity index (χ1v) is 7.65. The summed E-state index contributed by atoms with van der Waals surface area (Å²) in [6.45, 7) is 6.06. The van der Waals surface area contributed by atoms with Gasteiger partial charge in [0, 0.05) is 30.4 Å². The van der Waals surface area contributed by atoms with E-state index in [1.807, 2.05) is 36.7 Å². The van der Waals surface area contributed by atoms with Crippen molar-refractivity contribution in [2.24, 2.45) is 0 Å². The molecule has 1 aromatic heterocycles. The van der Waals surface area contributed by atoms with Crippen molar-refractivity contribution in [1.82, 2.24) is 10.3 Å². The number of hydrogen-bond acceptors (Lipinski definition) is 3. The molecule has 1 heterocycles. The molecule has 0 aliphatic heterocycles. The van der Waals surface area contributed by atoms with Crippen LogP contribution in [-0.2, 0) is 6.42 Å². The molecule has 3 heteroatoms. The monoisotopic (exact) mass is 284 g/mol. The molecule has 3 nitrogen and oxygen atoms in total. The lowest BCUT2D eigenvalue weighted by atomic mass is 10.1. The molecule has 0 amide bonds. The minimum atomic E-state index is 0.307. The van der Waals surface area contributed by atoms with Crippen molar-refractivity contribution >= 4 is 0 Å². The molecule has 1 N–H and O–H groups in total. The van der Waals surface area contributed by atoms with Gasteiger partial charge < -0.3 is 10.1 Å². The third-order valence-electron chi connectivity index (χ3n) is 3.48. The summed E-state index contributed by atoms with van der Waals surface area (Å²) in [5.74, 6) is 0.975. The van der Waals surface area contributed by atoms with Crippen LogP contribution in [-0.4, -0.2) is 18.1 Å². The Morgan fingerprint density at radius 1 is 1.14 bits per heavy atom. The zero-order valence-corrected chi connectivity index (χ0v) is 12.9. The number of nitrogens with one attached hydrogen (secondary N) is 1. The summed E-state index contributed by atoms with van der Waals surface area (Å²) in [5.41, 5.74) is 2.47. The van der Waals surface area contributed by atoms with Crippen molar-refractivity contribution in [3.63, 3.8) is 0 Å². The molecule has 21 heavy (non-hydrogen) atoms. The van der Waals surface area contributed by atoms with Crippen LogP contribution in [0.4, 0.5) is 0 Å². The quantitative estimate of drug-likeness (QED) is 0.801. The first-order chi connectivity index (χ1) is 10.3. The Hall–Kier alpha value is -1.87. The lowest BCUT2D eigenvalue weighted by Crippen LogP contribution is -2.20. The predicted molar refractivity (Wildman–Crippen MR) is 86.6 cm³/mol. The number of aromatic nitrogens is 1. The first-order valence-electron chi connectivity index (χ1n) is 7.65. The smallest absolute Gasteiger partial charge is 0.124 e. The van der Waals surface area contributed by atoms with Crippen LogP contribution < -0.4 is 10.1 Å². The summed E-state index contributed by atoms with van der Waals surface area (Å²) in [6, 6.07) is 12.6. The Morgan fingerprint density at radius 2 is 1.90 bits per heavy atom. The zero-order chi connectivity index (χ0) is 14.9. The van der Waals surface area contributed by atoms with Gasteiger partial charge in [-0.25, -0.2) is 0 Å². The molecular weight excluding hydrogens is 260 g/mol. The van der Waals surface area contributed by atoms with Crippen LogP contribution >= 0.6 is 0 Å². The SMILES string of the molecule is CCCNC(C)c1ccccc1OCCc1ccncc1. The standard InChI is InChI=1S/C18H24N2O/c1-3-11-20-15(2)17-6-4-5-7-18(17)21-14-10-16-8-12-19-13-9-16/h4-9,12-13,15,20H,3,10-11,14H2,1-2H3. The first kappa shape index (κ1) is 15.5. The number of ether oxygens (including phenoxy) is 1. The Morgan fingerprint density at radius 3 is 2.67 bits per heavy atom. The van der Waals surface area contributed by atoms with E-state index < -0.39 is 0 Å². The van der Waals surface area contributed by atoms with Gasteiger partial charge in [0.2, 0.25) is 0 Å². The number of nitrogens with zero attached hydrogens (tertiary/aromatic N) is 1. The Bertz CT molecular complexity index is 528. The van der Waals surface area contributed by atoms with Gasteiger partial charge in [0.25, 0.3) is 0 Å². The number of para-hydroxylation sites is 1. The molecule has 0 fully saturated rings. The second-order valence-electron chi connectivity index (χ2n) is 5.17. The second-order valence-corrected chi connectivity index (χ2v) is 5.17. The summed E-state index contributed by atoms with van der Waals surface area (Å²) < 4.78 is 5.98. The molecule has 112 valence electrons. The van der Waals surface area contributed by atoms with E-state index in [1.165, 1.54) is 11.1 Å². The molecule has 0 saturated heterocycles. The van der Waals surface area contributed by atoms with E-state index in [9.17, 15) is 0 Å².